The van der Waals surface area contributed by atoms with E-state index in [-0.39, 0.29) is 24.5 Å². The van der Waals surface area contributed by atoms with Gasteiger partial charge in [0.1, 0.15) is 30.3 Å². The molecular formula is C15H15NO4. The number of para-hydroxylation sites is 1. The van der Waals surface area contributed by atoms with Crippen LogP contribution in [0.3, 0.4) is 0 Å². The van der Waals surface area contributed by atoms with Crippen molar-refractivity contribution in [3.05, 3.63) is 54.1 Å². The van der Waals surface area contributed by atoms with Gasteiger partial charge in [0.15, 0.2) is 0 Å². The van der Waals surface area contributed by atoms with Crippen LogP contribution in [-0.2, 0) is 4.74 Å². The molecule has 20 heavy (non-hydrogen) atoms. The summed E-state index contributed by atoms with van der Waals surface area (Å²) in [5.41, 5.74) is 5.98. The first-order valence-electron chi connectivity index (χ1n) is 6.10. The van der Waals surface area contributed by atoms with Crippen molar-refractivity contribution in [1.82, 2.24) is 0 Å². The molecule has 0 aromatic heterocycles. The van der Waals surface area contributed by atoms with E-state index < -0.39 is 5.97 Å². The Morgan fingerprint density at radius 3 is 2.60 bits per heavy atom. The zero-order chi connectivity index (χ0) is 14.4. The largest absolute Gasteiger partial charge is 0.507 e. The Morgan fingerprint density at radius 1 is 1.10 bits per heavy atom. The summed E-state index contributed by atoms with van der Waals surface area (Å²) in [4.78, 5) is 11.7. The summed E-state index contributed by atoms with van der Waals surface area (Å²) in [5, 5.41) is 9.55. The van der Waals surface area contributed by atoms with Gasteiger partial charge in [0.25, 0.3) is 0 Å². The van der Waals surface area contributed by atoms with E-state index in [2.05, 4.69) is 0 Å². The van der Waals surface area contributed by atoms with Crippen LogP contribution >= 0.6 is 0 Å². The molecule has 0 unspecified atom stereocenters. The average Bonchev–Trinajstić information content (AvgIpc) is 2.47. The van der Waals surface area contributed by atoms with Crippen molar-refractivity contribution in [3.8, 4) is 11.5 Å². The lowest BCUT2D eigenvalue weighted by atomic mass is 10.2. The number of esters is 1. The molecule has 5 nitrogen and oxygen atoms in total. The number of carbonyl (C=O) groups is 1. The minimum Gasteiger partial charge on any atom is -0.507 e. The van der Waals surface area contributed by atoms with Gasteiger partial charge in [-0.1, -0.05) is 18.2 Å². The fourth-order valence-corrected chi connectivity index (χ4v) is 1.61. The lowest BCUT2D eigenvalue weighted by Crippen LogP contribution is -2.12. The van der Waals surface area contributed by atoms with Gasteiger partial charge in [-0.05, 0) is 30.3 Å². The van der Waals surface area contributed by atoms with Crippen LogP contribution in [0.15, 0.2) is 48.5 Å². The molecule has 0 aliphatic carbocycles. The average molecular weight is 273 g/mol. The maximum absolute atomic E-state index is 11.7. The van der Waals surface area contributed by atoms with E-state index in [1.807, 2.05) is 30.3 Å². The van der Waals surface area contributed by atoms with E-state index in [4.69, 9.17) is 15.2 Å². The first-order chi connectivity index (χ1) is 9.66. The second-order valence-corrected chi connectivity index (χ2v) is 4.07. The van der Waals surface area contributed by atoms with Gasteiger partial charge in [-0.2, -0.15) is 0 Å². The van der Waals surface area contributed by atoms with Gasteiger partial charge in [0, 0.05) is 5.69 Å². The van der Waals surface area contributed by atoms with Crippen LogP contribution in [-0.4, -0.2) is 24.3 Å². The van der Waals surface area contributed by atoms with E-state index in [0.29, 0.717) is 11.4 Å². The monoisotopic (exact) mass is 273 g/mol. The minimum atomic E-state index is -0.633. The van der Waals surface area contributed by atoms with E-state index in [0.717, 1.165) is 0 Å². The molecule has 0 fully saturated rings. The first kappa shape index (κ1) is 13.7. The van der Waals surface area contributed by atoms with Crippen LogP contribution in [0.2, 0.25) is 0 Å². The maximum Gasteiger partial charge on any atom is 0.342 e. The highest BCUT2D eigenvalue weighted by Crippen LogP contribution is 2.20. The van der Waals surface area contributed by atoms with Crippen LogP contribution < -0.4 is 10.5 Å². The molecule has 0 amide bonds. The summed E-state index contributed by atoms with van der Waals surface area (Å²) in [6, 6.07) is 13.4. The summed E-state index contributed by atoms with van der Waals surface area (Å²) in [6.07, 6.45) is 0. The van der Waals surface area contributed by atoms with Gasteiger partial charge in [0.05, 0.1) is 0 Å². The molecule has 5 heteroatoms. The molecule has 3 N–H and O–H groups in total. The smallest absolute Gasteiger partial charge is 0.342 e. The van der Waals surface area contributed by atoms with Crippen LogP contribution in [0.25, 0.3) is 0 Å². The molecule has 0 saturated heterocycles. The minimum absolute atomic E-state index is 0.0460. The van der Waals surface area contributed by atoms with Crippen molar-refractivity contribution in [1.29, 1.82) is 0 Å². The second-order valence-electron chi connectivity index (χ2n) is 4.07. The Bertz CT molecular complexity index is 584. The Morgan fingerprint density at radius 2 is 1.85 bits per heavy atom. The van der Waals surface area contributed by atoms with Gasteiger partial charge in [-0.15, -0.1) is 0 Å². The predicted molar refractivity (Wildman–Crippen MR) is 74.7 cm³/mol. The summed E-state index contributed by atoms with van der Waals surface area (Å²) < 4.78 is 10.4. The summed E-state index contributed by atoms with van der Waals surface area (Å²) in [6.45, 7) is 0.320. The molecule has 2 aromatic rings. The summed E-state index contributed by atoms with van der Waals surface area (Å²) >= 11 is 0. The number of nitrogens with two attached hydrogens (primary N) is 1. The third-order valence-electron chi connectivity index (χ3n) is 2.57. The van der Waals surface area contributed by atoms with Gasteiger partial charge in [-0.25, -0.2) is 4.79 Å². The quantitative estimate of drug-likeness (QED) is 0.378. The Balaban J connectivity index is 1.82. The number of phenolic OH excluding ortho intramolecular Hbond substituents is 1. The number of aromatic hydroxyl groups is 1. The summed E-state index contributed by atoms with van der Waals surface area (Å²) in [7, 11) is 0. The molecule has 2 rings (SSSR count). The number of benzene rings is 2. The number of anilines is 1. The molecule has 0 saturated carbocycles. The Hall–Kier alpha value is -2.69. The normalized spacial score (nSPS) is 10.0. The van der Waals surface area contributed by atoms with E-state index in [1.54, 1.807) is 0 Å². The molecular weight excluding hydrogens is 258 g/mol. The molecule has 2 aromatic carbocycles. The van der Waals surface area contributed by atoms with Gasteiger partial charge in [0.2, 0.25) is 0 Å². The molecule has 0 bridgehead atoms. The molecule has 0 aliphatic rings. The van der Waals surface area contributed by atoms with Crippen molar-refractivity contribution in [2.24, 2.45) is 0 Å². The number of nitrogen functional groups attached to an aromatic ring is 1. The van der Waals surface area contributed by atoms with Crippen LogP contribution in [0.4, 0.5) is 5.69 Å². The van der Waals surface area contributed by atoms with E-state index in [1.165, 1.54) is 18.2 Å². The predicted octanol–water partition coefficient (Wildman–Crippen LogP) is 2.21. The lowest BCUT2D eigenvalue weighted by molar-refractivity contribution is 0.0447. The SMILES string of the molecule is Nc1ccc(O)c(C(=O)OCCOc2ccccc2)c1. The van der Waals surface area contributed by atoms with Crippen molar-refractivity contribution in [2.45, 2.75) is 0 Å². The van der Waals surface area contributed by atoms with Gasteiger partial charge in [-0.3, -0.25) is 0 Å². The highest BCUT2D eigenvalue weighted by molar-refractivity contribution is 5.93. The molecule has 0 spiro atoms. The number of phenols is 1. The lowest BCUT2D eigenvalue weighted by Gasteiger charge is -2.08. The van der Waals surface area contributed by atoms with Crippen molar-refractivity contribution < 1.29 is 19.4 Å². The number of ether oxygens (including phenoxy) is 2. The topological polar surface area (TPSA) is 81.8 Å². The van der Waals surface area contributed by atoms with Gasteiger partial charge < -0.3 is 20.3 Å². The Kier molecular flexibility index (Phi) is 4.44. The van der Waals surface area contributed by atoms with Crippen molar-refractivity contribution in [2.75, 3.05) is 18.9 Å². The molecule has 104 valence electrons. The third kappa shape index (κ3) is 3.65. The highest BCUT2D eigenvalue weighted by atomic mass is 16.6. The maximum atomic E-state index is 11.7. The fraction of sp³-hybridized carbons (Fsp3) is 0.133. The van der Waals surface area contributed by atoms with Gasteiger partial charge >= 0.3 is 5.97 Å². The zero-order valence-electron chi connectivity index (χ0n) is 10.8. The number of hydrogen-bond acceptors (Lipinski definition) is 5. The van der Waals surface area contributed by atoms with Crippen LogP contribution in [0, 0.1) is 0 Å². The highest BCUT2D eigenvalue weighted by Gasteiger charge is 2.12. The van der Waals surface area contributed by atoms with Crippen LogP contribution in [0.5, 0.6) is 11.5 Å². The van der Waals surface area contributed by atoms with Crippen molar-refractivity contribution >= 4 is 11.7 Å². The third-order valence-corrected chi connectivity index (χ3v) is 2.57. The second kappa shape index (κ2) is 6.47. The van der Waals surface area contributed by atoms with E-state index >= 15 is 0 Å². The number of hydrogen-bond donors (Lipinski definition) is 2. The first-order valence-corrected chi connectivity index (χ1v) is 6.10. The molecule has 0 aliphatic heterocycles. The zero-order valence-corrected chi connectivity index (χ0v) is 10.8. The number of carbonyl (C=O) groups excluding carboxylic acids is 1. The summed E-state index contributed by atoms with van der Waals surface area (Å²) in [5.74, 6) is -0.0880. The molecule has 0 atom stereocenters. The molecule has 0 heterocycles. The standard InChI is InChI=1S/C15H15NO4/c16-11-6-7-14(17)13(10-11)15(18)20-9-8-19-12-4-2-1-3-5-12/h1-7,10,17H,8-9,16H2. The fourth-order valence-electron chi connectivity index (χ4n) is 1.61. The number of rotatable bonds is 5. The Labute approximate surface area is 116 Å². The van der Waals surface area contributed by atoms with E-state index in [9.17, 15) is 9.90 Å². The van der Waals surface area contributed by atoms with Crippen LogP contribution in [0.1, 0.15) is 10.4 Å². The van der Waals surface area contributed by atoms with Crippen molar-refractivity contribution in [3.63, 3.8) is 0 Å². The molecule has 0 radical (unpaired) electrons.